The molecular weight excluding hydrogens is 342 g/mol. The summed E-state index contributed by atoms with van der Waals surface area (Å²) in [6.45, 7) is 0.334. The van der Waals surface area contributed by atoms with E-state index in [2.05, 4.69) is 20.4 Å². The van der Waals surface area contributed by atoms with Crippen molar-refractivity contribution >= 4 is 17.5 Å². The largest absolute Gasteiger partial charge is 0.351 e. The highest BCUT2D eigenvalue weighted by atomic mass is 35.5. The molecule has 1 aromatic carbocycles. The Hall–Kier alpha value is -3.24. The molecule has 0 fully saturated rings. The van der Waals surface area contributed by atoms with Crippen molar-refractivity contribution in [2.75, 3.05) is 6.54 Å². The summed E-state index contributed by atoms with van der Waals surface area (Å²) in [7, 11) is 0. The highest BCUT2D eigenvalue weighted by Crippen LogP contribution is 2.18. The smallest absolute Gasteiger partial charge is 0.252 e. The Morgan fingerprint density at radius 1 is 1.24 bits per heavy atom. The first-order chi connectivity index (χ1) is 12.2. The number of halogens is 1. The second kappa shape index (κ2) is 7.55. The Balaban J connectivity index is 1.54. The first-order valence-electron chi connectivity index (χ1n) is 7.38. The number of aromatic nitrogens is 3. The molecule has 0 atom stereocenters. The van der Waals surface area contributed by atoms with Crippen LogP contribution in [0.15, 0.2) is 47.1 Å². The number of nitrogens with zero attached hydrogens (tertiary/aromatic N) is 4. The van der Waals surface area contributed by atoms with Gasteiger partial charge in [-0.05, 0) is 36.4 Å². The molecule has 0 aliphatic heterocycles. The van der Waals surface area contributed by atoms with Crippen molar-refractivity contribution < 1.29 is 9.32 Å². The fourth-order valence-electron chi connectivity index (χ4n) is 2.05. The Morgan fingerprint density at radius 3 is 2.72 bits per heavy atom. The number of nitriles is 1. The molecule has 0 saturated heterocycles. The van der Waals surface area contributed by atoms with Gasteiger partial charge < -0.3 is 9.84 Å². The Labute approximate surface area is 148 Å². The van der Waals surface area contributed by atoms with Crippen LogP contribution in [0.4, 0.5) is 0 Å². The third-order valence-corrected chi connectivity index (χ3v) is 3.59. The van der Waals surface area contributed by atoms with Gasteiger partial charge in [-0.15, -0.1) is 0 Å². The first-order valence-corrected chi connectivity index (χ1v) is 7.76. The maximum atomic E-state index is 12.0. The minimum atomic E-state index is -0.283. The first kappa shape index (κ1) is 16.6. The number of pyridine rings is 1. The van der Waals surface area contributed by atoms with Crippen LogP contribution in [0.2, 0.25) is 5.02 Å². The van der Waals surface area contributed by atoms with E-state index in [4.69, 9.17) is 21.4 Å². The summed E-state index contributed by atoms with van der Waals surface area (Å²) in [6.07, 6.45) is 1.76. The number of hydrogen-bond donors (Lipinski definition) is 1. The SMILES string of the molecule is N#Cc1ccc(C(=O)NCCc2nc(-c3ccc(Cl)cc3)no2)cn1. The van der Waals surface area contributed by atoms with E-state index in [1.807, 2.05) is 6.07 Å². The molecule has 1 amide bonds. The van der Waals surface area contributed by atoms with Gasteiger partial charge in [-0.1, -0.05) is 16.8 Å². The van der Waals surface area contributed by atoms with Gasteiger partial charge in [0.15, 0.2) is 0 Å². The molecular formula is C17H12ClN5O2. The molecule has 1 N–H and O–H groups in total. The minimum Gasteiger partial charge on any atom is -0.351 e. The third-order valence-electron chi connectivity index (χ3n) is 3.34. The van der Waals surface area contributed by atoms with E-state index in [1.54, 1.807) is 30.3 Å². The lowest BCUT2D eigenvalue weighted by molar-refractivity contribution is 0.0953. The molecule has 124 valence electrons. The van der Waals surface area contributed by atoms with Crippen molar-refractivity contribution in [2.24, 2.45) is 0 Å². The summed E-state index contributed by atoms with van der Waals surface area (Å²) in [5, 5.41) is 16.0. The number of rotatable bonds is 5. The van der Waals surface area contributed by atoms with Gasteiger partial charge in [-0.3, -0.25) is 4.79 Å². The molecule has 2 heterocycles. The summed E-state index contributed by atoms with van der Waals surface area (Å²) in [6, 6.07) is 12.0. The predicted molar refractivity (Wildman–Crippen MR) is 89.7 cm³/mol. The molecule has 0 radical (unpaired) electrons. The van der Waals surface area contributed by atoms with Crippen LogP contribution in [0.25, 0.3) is 11.4 Å². The molecule has 8 heteroatoms. The molecule has 0 spiro atoms. The van der Waals surface area contributed by atoms with E-state index in [-0.39, 0.29) is 11.6 Å². The molecule has 3 aromatic rings. The lowest BCUT2D eigenvalue weighted by Crippen LogP contribution is -2.25. The number of nitrogens with one attached hydrogen (secondary N) is 1. The number of carbonyl (C=O) groups excluding carboxylic acids is 1. The highest BCUT2D eigenvalue weighted by Gasteiger charge is 2.10. The number of amides is 1. The van der Waals surface area contributed by atoms with E-state index < -0.39 is 0 Å². The van der Waals surface area contributed by atoms with Gasteiger partial charge in [0.1, 0.15) is 11.8 Å². The van der Waals surface area contributed by atoms with Crippen LogP contribution in [0.5, 0.6) is 0 Å². The van der Waals surface area contributed by atoms with Crippen LogP contribution >= 0.6 is 11.6 Å². The molecule has 7 nitrogen and oxygen atoms in total. The fourth-order valence-corrected chi connectivity index (χ4v) is 2.18. The molecule has 0 unspecified atom stereocenters. The number of benzene rings is 1. The van der Waals surface area contributed by atoms with Crippen LogP contribution in [0.3, 0.4) is 0 Å². The van der Waals surface area contributed by atoms with Gasteiger partial charge in [-0.25, -0.2) is 4.98 Å². The molecule has 0 bridgehead atoms. The van der Waals surface area contributed by atoms with Gasteiger partial charge in [0, 0.05) is 29.7 Å². The monoisotopic (exact) mass is 353 g/mol. The quantitative estimate of drug-likeness (QED) is 0.756. The van der Waals surface area contributed by atoms with E-state index in [1.165, 1.54) is 12.3 Å². The van der Waals surface area contributed by atoms with Crippen LogP contribution in [-0.4, -0.2) is 27.6 Å². The topological polar surface area (TPSA) is 105 Å². The molecule has 0 aliphatic rings. The fraction of sp³-hybridized carbons (Fsp3) is 0.118. The van der Waals surface area contributed by atoms with Crippen LogP contribution < -0.4 is 5.32 Å². The average Bonchev–Trinajstić information content (AvgIpc) is 3.11. The van der Waals surface area contributed by atoms with E-state index in [0.717, 1.165) is 5.56 Å². The maximum Gasteiger partial charge on any atom is 0.252 e. The second-order valence-corrected chi connectivity index (χ2v) is 5.50. The van der Waals surface area contributed by atoms with Crippen LogP contribution in [0, 0.1) is 11.3 Å². The average molecular weight is 354 g/mol. The third kappa shape index (κ3) is 4.19. The van der Waals surface area contributed by atoms with E-state index >= 15 is 0 Å². The number of hydrogen-bond acceptors (Lipinski definition) is 6. The lowest BCUT2D eigenvalue weighted by atomic mass is 10.2. The van der Waals surface area contributed by atoms with Crippen molar-refractivity contribution in [3.05, 3.63) is 64.8 Å². The molecule has 3 rings (SSSR count). The maximum absolute atomic E-state index is 12.0. The van der Waals surface area contributed by atoms with Crippen molar-refractivity contribution in [2.45, 2.75) is 6.42 Å². The van der Waals surface area contributed by atoms with Gasteiger partial charge in [0.05, 0.1) is 5.56 Å². The molecule has 0 aliphatic carbocycles. The minimum absolute atomic E-state index is 0.261. The van der Waals surface area contributed by atoms with Crippen molar-refractivity contribution in [3.63, 3.8) is 0 Å². The second-order valence-electron chi connectivity index (χ2n) is 5.07. The van der Waals surface area contributed by atoms with Crippen molar-refractivity contribution in [3.8, 4) is 17.5 Å². The zero-order valence-corrected chi connectivity index (χ0v) is 13.7. The van der Waals surface area contributed by atoms with Gasteiger partial charge in [0.25, 0.3) is 5.91 Å². The molecule has 2 aromatic heterocycles. The summed E-state index contributed by atoms with van der Waals surface area (Å²) >= 11 is 5.85. The number of carbonyl (C=O) groups is 1. The van der Waals surface area contributed by atoms with Gasteiger partial charge in [0.2, 0.25) is 11.7 Å². The van der Waals surface area contributed by atoms with Gasteiger partial charge in [-0.2, -0.15) is 10.2 Å². The Bertz CT molecular complexity index is 913. The Kier molecular flexibility index (Phi) is 5.02. The zero-order valence-electron chi connectivity index (χ0n) is 12.9. The van der Waals surface area contributed by atoms with Crippen LogP contribution in [0.1, 0.15) is 21.9 Å². The molecule has 0 saturated carbocycles. The summed E-state index contributed by atoms with van der Waals surface area (Å²) in [5.41, 5.74) is 1.44. The van der Waals surface area contributed by atoms with E-state index in [9.17, 15) is 4.79 Å². The standard InChI is InChI=1S/C17H12ClN5O2/c18-13-4-1-11(2-5-13)16-22-15(25-23-16)7-8-20-17(24)12-3-6-14(9-19)21-10-12/h1-6,10H,7-8H2,(H,20,24). The normalized spacial score (nSPS) is 10.2. The van der Waals surface area contributed by atoms with E-state index in [0.29, 0.717) is 35.3 Å². The van der Waals surface area contributed by atoms with Gasteiger partial charge >= 0.3 is 0 Å². The molecule has 25 heavy (non-hydrogen) atoms. The Morgan fingerprint density at radius 2 is 2.04 bits per heavy atom. The predicted octanol–water partition coefficient (Wildman–Crippen LogP) is 2.63. The highest BCUT2D eigenvalue weighted by molar-refractivity contribution is 6.30. The van der Waals surface area contributed by atoms with Crippen molar-refractivity contribution in [1.29, 1.82) is 5.26 Å². The summed E-state index contributed by atoms with van der Waals surface area (Å²) in [5.74, 6) is 0.604. The zero-order chi connectivity index (χ0) is 17.6. The summed E-state index contributed by atoms with van der Waals surface area (Å²) in [4.78, 5) is 20.1. The van der Waals surface area contributed by atoms with Crippen molar-refractivity contribution in [1.82, 2.24) is 20.4 Å². The van der Waals surface area contributed by atoms with Crippen LogP contribution in [-0.2, 0) is 6.42 Å². The summed E-state index contributed by atoms with van der Waals surface area (Å²) < 4.78 is 5.17. The lowest BCUT2D eigenvalue weighted by Gasteiger charge is -2.02.